The Morgan fingerprint density at radius 2 is 1.70 bits per heavy atom. The van der Waals surface area contributed by atoms with E-state index in [2.05, 4.69) is 4.98 Å². The normalized spacial score (nSPS) is 14.8. The summed E-state index contributed by atoms with van der Waals surface area (Å²) in [4.78, 5) is 3.30. The number of aromatic nitrogens is 1. The predicted octanol–water partition coefficient (Wildman–Crippen LogP) is 2.10. The summed E-state index contributed by atoms with van der Waals surface area (Å²) in [5, 5.41) is 30.9. The average molecular weight is 271 g/mol. The van der Waals surface area contributed by atoms with Crippen LogP contribution in [0.2, 0.25) is 0 Å². The van der Waals surface area contributed by atoms with Gasteiger partial charge in [-0.2, -0.15) is 0 Å². The van der Waals surface area contributed by atoms with Crippen molar-refractivity contribution in [1.82, 2.24) is 4.98 Å². The first-order valence-corrected chi connectivity index (χ1v) is 6.68. The summed E-state index contributed by atoms with van der Waals surface area (Å²) < 4.78 is 0. The molecule has 1 aromatic heterocycles. The Hall–Kier alpha value is -1.88. The van der Waals surface area contributed by atoms with E-state index in [1.54, 1.807) is 0 Å². The van der Waals surface area contributed by atoms with Crippen molar-refractivity contribution in [2.75, 3.05) is 6.61 Å². The van der Waals surface area contributed by atoms with Crippen molar-refractivity contribution in [2.24, 2.45) is 0 Å². The van der Waals surface area contributed by atoms with Gasteiger partial charge in [-0.15, -0.1) is 0 Å². The van der Waals surface area contributed by atoms with Crippen LogP contribution in [0, 0.1) is 0 Å². The number of benzene rings is 2. The van der Waals surface area contributed by atoms with Crippen LogP contribution < -0.4 is 0 Å². The Balaban J connectivity index is 2.04. The Morgan fingerprint density at radius 1 is 0.950 bits per heavy atom. The molecule has 20 heavy (non-hydrogen) atoms. The van der Waals surface area contributed by atoms with E-state index >= 15 is 0 Å². The minimum absolute atomic E-state index is 0.146. The number of para-hydroxylation sites is 1. The van der Waals surface area contributed by atoms with Crippen molar-refractivity contribution >= 4 is 21.8 Å². The van der Waals surface area contributed by atoms with Crippen molar-refractivity contribution in [3.8, 4) is 0 Å². The molecule has 0 aliphatic heterocycles. The molecule has 0 aliphatic rings. The molecule has 0 saturated heterocycles. The molecule has 0 fully saturated rings. The molecule has 0 spiro atoms. The van der Waals surface area contributed by atoms with Crippen LogP contribution in [-0.4, -0.2) is 33.0 Å². The monoisotopic (exact) mass is 271 g/mol. The molecule has 0 radical (unpaired) electrons. The largest absolute Gasteiger partial charge is 0.396 e. The lowest BCUT2D eigenvalue weighted by atomic mass is 10.0. The van der Waals surface area contributed by atoms with Gasteiger partial charge in [-0.25, -0.2) is 0 Å². The molecule has 4 heteroatoms. The number of rotatable bonds is 4. The Labute approximate surface area is 116 Å². The Morgan fingerprint density at radius 3 is 2.50 bits per heavy atom. The van der Waals surface area contributed by atoms with Crippen LogP contribution in [0.25, 0.3) is 21.8 Å². The van der Waals surface area contributed by atoms with E-state index in [0.29, 0.717) is 5.56 Å². The second-order valence-electron chi connectivity index (χ2n) is 5.00. The molecule has 4 nitrogen and oxygen atoms in total. The summed E-state index contributed by atoms with van der Waals surface area (Å²) in [5.41, 5.74) is 2.62. The third kappa shape index (κ3) is 2.18. The van der Waals surface area contributed by atoms with Crippen LogP contribution in [-0.2, 0) is 0 Å². The van der Waals surface area contributed by atoms with Crippen LogP contribution in [0.1, 0.15) is 18.1 Å². The van der Waals surface area contributed by atoms with Gasteiger partial charge in [-0.05, 0) is 24.1 Å². The number of hydrogen-bond acceptors (Lipinski definition) is 3. The second-order valence-corrected chi connectivity index (χ2v) is 5.00. The summed E-state index contributed by atoms with van der Waals surface area (Å²) in [6, 6.07) is 13.6. The molecule has 0 bridgehead atoms. The Kier molecular flexibility index (Phi) is 3.44. The summed E-state index contributed by atoms with van der Waals surface area (Å²) in [5.74, 6) is 0. The third-order valence-corrected chi connectivity index (χ3v) is 3.66. The van der Waals surface area contributed by atoms with Gasteiger partial charge in [0.2, 0.25) is 0 Å². The fraction of sp³-hybridized carbons (Fsp3) is 0.250. The van der Waals surface area contributed by atoms with Gasteiger partial charge in [-0.3, -0.25) is 0 Å². The lowest BCUT2D eigenvalue weighted by molar-refractivity contribution is 0.00428. The molecular weight excluding hydrogens is 254 g/mol. The van der Waals surface area contributed by atoms with Crippen LogP contribution in [0.3, 0.4) is 0 Å². The van der Waals surface area contributed by atoms with Gasteiger partial charge in [-0.1, -0.05) is 30.3 Å². The molecule has 4 N–H and O–H groups in total. The van der Waals surface area contributed by atoms with Gasteiger partial charge in [0.15, 0.2) is 0 Å². The van der Waals surface area contributed by atoms with E-state index in [0.717, 1.165) is 21.8 Å². The summed E-state index contributed by atoms with van der Waals surface area (Å²) in [6.07, 6.45) is -1.79. The fourth-order valence-corrected chi connectivity index (χ4v) is 2.57. The molecular formula is C16H17NO3. The smallest absolute Gasteiger partial charge is 0.105 e. The zero-order valence-electron chi connectivity index (χ0n) is 11.0. The average Bonchev–Trinajstić information content (AvgIpc) is 2.84. The highest BCUT2D eigenvalue weighted by Crippen LogP contribution is 2.28. The summed E-state index contributed by atoms with van der Waals surface area (Å²) in [6.45, 7) is -0.146. The first kappa shape index (κ1) is 13.1. The molecule has 1 heterocycles. The fourth-order valence-electron chi connectivity index (χ4n) is 2.57. The zero-order chi connectivity index (χ0) is 14.1. The van der Waals surface area contributed by atoms with Crippen molar-refractivity contribution in [3.05, 3.63) is 48.0 Å². The maximum Gasteiger partial charge on any atom is 0.105 e. The summed E-state index contributed by atoms with van der Waals surface area (Å²) >= 11 is 0. The van der Waals surface area contributed by atoms with E-state index in [-0.39, 0.29) is 13.0 Å². The maximum absolute atomic E-state index is 10.1. The molecule has 3 rings (SSSR count). The molecule has 2 atom stereocenters. The molecule has 0 amide bonds. The number of fused-ring (bicyclic) bond motifs is 3. The highest BCUT2D eigenvalue weighted by Gasteiger charge is 2.18. The van der Waals surface area contributed by atoms with Crippen LogP contribution in [0.5, 0.6) is 0 Å². The lowest BCUT2D eigenvalue weighted by Gasteiger charge is -2.17. The molecule has 104 valence electrons. The first-order chi connectivity index (χ1) is 9.70. The molecule has 2 unspecified atom stereocenters. The predicted molar refractivity (Wildman–Crippen MR) is 78.5 cm³/mol. The van der Waals surface area contributed by atoms with Gasteiger partial charge < -0.3 is 20.3 Å². The third-order valence-electron chi connectivity index (χ3n) is 3.66. The maximum atomic E-state index is 10.1. The highest BCUT2D eigenvalue weighted by molar-refractivity contribution is 6.07. The molecule has 0 saturated carbocycles. The van der Waals surface area contributed by atoms with Gasteiger partial charge in [0.05, 0.1) is 6.10 Å². The topological polar surface area (TPSA) is 76.5 Å². The molecule has 2 aromatic carbocycles. The van der Waals surface area contributed by atoms with E-state index in [1.165, 1.54) is 0 Å². The number of aromatic amines is 1. The number of hydrogen-bond donors (Lipinski definition) is 4. The number of nitrogens with one attached hydrogen (secondary N) is 1. The number of aliphatic hydroxyl groups excluding tert-OH is 3. The van der Waals surface area contributed by atoms with Crippen LogP contribution in [0.15, 0.2) is 42.5 Å². The van der Waals surface area contributed by atoms with E-state index in [4.69, 9.17) is 5.11 Å². The van der Waals surface area contributed by atoms with Crippen molar-refractivity contribution in [2.45, 2.75) is 18.6 Å². The second kappa shape index (κ2) is 5.25. The SMILES string of the molecule is OCCC(O)C(O)c1ccc2c(c1)[nH]c1ccccc12. The lowest BCUT2D eigenvalue weighted by Crippen LogP contribution is -2.19. The summed E-state index contributed by atoms with van der Waals surface area (Å²) in [7, 11) is 0. The highest BCUT2D eigenvalue weighted by atomic mass is 16.3. The van der Waals surface area contributed by atoms with Crippen LogP contribution >= 0.6 is 0 Å². The minimum Gasteiger partial charge on any atom is -0.396 e. The molecule has 3 aromatic rings. The van der Waals surface area contributed by atoms with Gasteiger partial charge in [0.1, 0.15) is 6.10 Å². The van der Waals surface area contributed by atoms with E-state index in [9.17, 15) is 10.2 Å². The van der Waals surface area contributed by atoms with Crippen molar-refractivity contribution < 1.29 is 15.3 Å². The van der Waals surface area contributed by atoms with Crippen LogP contribution in [0.4, 0.5) is 0 Å². The zero-order valence-corrected chi connectivity index (χ0v) is 11.0. The van der Waals surface area contributed by atoms with E-state index in [1.807, 2.05) is 42.5 Å². The van der Waals surface area contributed by atoms with Gasteiger partial charge >= 0.3 is 0 Å². The number of H-pyrrole nitrogens is 1. The minimum atomic E-state index is -0.988. The van der Waals surface area contributed by atoms with Gasteiger partial charge in [0, 0.05) is 28.4 Å². The van der Waals surface area contributed by atoms with Crippen molar-refractivity contribution in [1.29, 1.82) is 0 Å². The number of aliphatic hydroxyl groups is 3. The first-order valence-electron chi connectivity index (χ1n) is 6.68. The van der Waals surface area contributed by atoms with E-state index < -0.39 is 12.2 Å². The molecule has 0 aliphatic carbocycles. The quantitative estimate of drug-likeness (QED) is 0.587. The van der Waals surface area contributed by atoms with Gasteiger partial charge in [0.25, 0.3) is 0 Å². The van der Waals surface area contributed by atoms with Crippen molar-refractivity contribution in [3.63, 3.8) is 0 Å². The Bertz CT molecular complexity index is 735. The standard InChI is InChI=1S/C16H17NO3/c18-8-7-15(19)16(20)10-5-6-12-11-3-1-2-4-13(11)17-14(12)9-10/h1-6,9,15-20H,7-8H2.